The highest BCUT2D eigenvalue weighted by atomic mass is 31.2. The van der Waals surface area contributed by atoms with Gasteiger partial charge in [-0.2, -0.15) is 0 Å². The van der Waals surface area contributed by atoms with Gasteiger partial charge in [-0.25, -0.2) is 0 Å². The van der Waals surface area contributed by atoms with Crippen molar-refractivity contribution in [2.45, 2.75) is 148 Å². The first-order valence-corrected chi connectivity index (χ1v) is 18.6. The van der Waals surface area contributed by atoms with Gasteiger partial charge in [0, 0.05) is 19.3 Å². The number of carbonyl (C=O) groups excluding carboxylic acids is 3. The minimum Gasteiger partial charge on any atom is -0.756 e. The van der Waals surface area contributed by atoms with Crippen molar-refractivity contribution < 1.29 is 46.8 Å². The van der Waals surface area contributed by atoms with Crippen molar-refractivity contribution in [2.24, 2.45) is 0 Å². The highest BCUT2D eigenvalue weighted by Gasteiger charge is 2.21. The summed E-state index contributed by atoms with van der Waals surface area (Å²) < 4.78 is 33.4. The van der Waals surface area contributed by atoms with Crippen LogP contribution in [-0.4, -0.2) is 76.3 Å². The Kier molecular flexibility index (Phi) is 27.1. The number of rotatable bonds is 32. The molecule has 0 saturated heterocycles. The smallest absolute Gasteiger partial charge is 0.306 e. The Morgan fingerprint density at radius 2 is 1.18 bits per heavy atom. The fraction of sp³-hybridized carbons (Fsp3) is 0.909. The largest absolute Gasteiger partial charge is 0.756 e. The number of unbranched alkanes of at least 4 members (excludes halogenated alkanes) is 17. The zero-order valence-electron chi connectivity index (χ0n) is 28.4. The van der Waals surface area contributed by atoms with Crippen LogP contribution in [0.2, 0.25) is 0 Å². The van der Waals surface area contributed by atoms with Crippen LogP contribution in [0.5, 0.6) is 0 Å². The minimum atomic E-state index is -4.62. The van der Waals surface area contributed by atoms with Crippen molar-refractivity contribution in [1.82, 2.24) is 0 Å². The molecule has 0 aromatic carbocycles. The summed E-state index contributed by atoms with van der Waals surface area (Å²) >= 11 is 0. The number of likely N-dealkylation sites (N-methyl/N-ethyl adjacent to an activating group) is 1. The fourth-order valence-electron chi connectivity index (χ4n) is 4.57. The second-order valence-electron chi connectivity index (χ2n) is 12.9. The van der Waals surface area contributed by atoms with E-state index in [9.17, 15) is 23.8 Å². The van der Waals surface area contributed by atoms with E-state index in [1.165, 1.54) is 57.8 Å². The second kappa shape index (κ2) is 27.9. The summed E-state index contributed by atoms with van der Waals surface area (Å²) in [5.41, 5.74) is 0. The number of quaternary nitrogens is 1. The molecule has 0 aliphatic heterocycles. The predicted octanol–water partition coefficient (Wildman–Crippen LogP) is 7.06. The molecule has 1 unspecified atom stereocenters. The molecule has 0 aliphatic carbocycles. The molecule has 0 N–H and O–H groups in total. The Labute approximate surface area is 268 Å². The van der Waals surface area contributed by atoms with Crippen LogP contribution in [0.4, 0.5) is 0 Å². The standard InChI is InChI=1S/C33H64NO9P/c1-5-6-7-8-9-10-11-12-13-14-15-19-22-25-33(37)43-31(30-42-44(38,39)41-28-26-34(2,3)4)29-40-32(36)24-21-18-16-17-20-23-27-35/h27,31H,5-26,28-30H2,1-4H3/t31-/m1/s1. The van der Waals surface area contributed by atoms with Gasteiger partial charge >= 0.3 is 11.9 Å². The van der Waals surface area contributed by atoms with Gasteiger partial charge in [-0.1, -0.05) is 103 Å². The third kappa shape index (κ3) is 30.7. The number of phosphoric acid groups is 1. The van der Waals surface area contributed by atoms with Gasteiger partial charge in [0.05, 0.1) is 27.7 Å². The molecule has 0 heterocycles. The normalized spacial score (nSPS) is 13.8. The van der Waals surface area contributed by atoms with E-state index < -0.39 is 32.5 Å². The second-order valence-corrected chi connectivity index (χ2v) is 14.3. The van der Waals surface area contributed by atoms with E-state index in [0.29, 0.717) is 30.3 Å². The molecule has 44 heavy (non-hydrogen) atoms. The van der Waals surface area contributed by atoms with Gasteiger partial charge in [0.2, 0.25) is 0 Å². The summed E-state index contributed by atoms with van der Waals surface area (Å²) in [6.07, 6.45) is 20.7. The van der Waals surface area contributed by atoms with Crippen molar-refractivity contribution in [2.75, 3.05) is 47.5 Å². The summed E-state index contributed by atoms with van der Waals surface area (Å²) in [7, 11) is 1.11. The molecule has 2 atom stereocenters. The van der Waals surface area contributed by atoms with Crippen LogP contribution in [0, 0.1) is 0 Å². The van der Waals surface area contributed by atoms with Gasteiger partial charge in [0.25, 0.3) is 7.82 Å². The first-order valence-electron chi connectivity index (χ1n) is 17.2. The quantitative estimate of drug-likeness (QED) is 0.0247. The van der Waals surface area contributed by atoms with Crippen molar-refractivity contribution in [3.8, 4) is 0 Å². The third-order valence-corrected chi connectivity index (χ3v) is 8.31. The Bertz CT molecular complexity index is 773. The number of carbonyl (C=O) groups is 3. The van der Waals surface area contributed by atoms with Crippen LogP contribution in [0.1, 0.15) is 142 Å². The first-order chi connectivity index (χ1) is 21.0. The average molecular weight is 650 g/mol. The first kappa shape index (κ1) is 42.7. The lowest BCUT2D eigenvalue weighted by Gasteiger charge is -2.28. The van der Waals surface area contributed by atoms with E-state index in [-0.39, 0.29) is 26.1 Å². The van der Waals surface area contributed by atoms with Crippen molar-refractivity contribution in [3.63, 3.8) is 0 Å². The number of phosphoric ester groups is 1. The van der Waals surface area contributed by atoms with Gasteiger partial charge in [-0.15, -0.1) is 0 Å². The minimum absolute atomic E-state index is 0.0437. The summed E-state index contributed by atoms with van der Waals surface area (Å²) in [5, 5.41) is 0. The van der Waals surface area contributed by atoms with E-state index in [1.807, 2.05) is 21.1 Å². The zero-order valence-corrected chi connectivity index (χ0v) is 29.3. The number of hydrogen-bond donors (Lipinski definition) is 0. The monoisotopic (exact) mass is 649 g/mol. The van der Waals surface area contributed by atoms with E-state index in [1.54, 1.807) is 0 Å². The van der Waals surface area contributed by atoms with E-state index in [4.69, 9.17) is 18.5 Å². The Morgan fingerprint density at radius 3 is 1.68 bits per heavy atom. The highest BCUT2D eigenvalue weighted by molar-refractivity contribution is 7.45. The lowest BCUT2D eigenvalue weighted by molar-refractivity contribution is -0.870. The van der Waals surface area contributed by atoms with Crippen LogP contribution in [0.25, 0.3) is 0 Å². The highest BCUT2D eigenvalue weighted by Crippen LogP contribution is 2.38. The molecule has 0 aromatic rings. The van der Waals surface area contributed by atoms with Crippen LogP contribution in [0.3, 0.4) is 0 Å². The Hall–Kier alpha value is -1.32. The maximum Gasteiger partial charge on any atom is 0.306 e. The maximum absolute atomic E-state index is 12.5. The summed E-state index contributed by atoms with van der Waals surface area (Å²) in [6, 6.07) is 0. The van der Waals surface area contributed by atoms with Crippen molar-refractivity contribution in [3.05, 3.63) is 0 Å². The van der Waals surface area contributed by atoms with Crippen LogP contribution < -0.4 is 4.89 Å². The Balaban J connectivity index is 4.43. The van der Waals surface area contributed by atoms with Gasteiger partial charge in [-0.05, 0) is 19.3 Å². The lowest BCUT2D eigenvalue weighted by Crippen LogP contribution is -2.37. The Morgan fingerprint density at radius 1 is 0.705 bits per heavy atom. The topological polar surface area (TPSA) is 128 Å². The van der Waals surface area contributed by atoms with Crippen LogP contribution >= 0.6 is 7.82 Å². The lowest BCUT2D eigenvalue weighted by atomic mass is 10.0. The van der Waals surface area contributed by atoms with Crippen LogP contribution in [0.15, 0.2) is 0 Å². The molecule has 0 saturated carbocycles. The number of ether oxygens (including phenoxy) is 2. The summed E-state index contributed by atoms with van der Waals surface area (Å²) in [4.78, 5) is 47.3. The molecule has 0 aliphatic rings. The van der Waals surface area contributed by atoms with Gasteiger partial charge < -0.3 is 32.7 Å². The summed E-state index contributed by atoms with van der Waals surface area (Å²) in [5.74, 6) is -0.917. The summed E-state index contributed by atoms with van der Waals surface area (Å²) in [6.45, 7) is 1.88. The average Bonchev–Trinajstić information content (AvgIpc) is 2.95. The number of nitrogens with zero attached hydrogens (tertiary/aromatic N) is 1. The predicted molar refractivity (Wildman–Crippen MR) is 172 cm³/mol. The molecular weight excluding hydrogens is 585 g/mol. The number of hydrogen-bond acceptors (Lipinski definition) is 9. The van der Waals surface area contributed by atoms with E-state index >= 15 is 0 Å². The van der Waals surface area contributed by atoms with Gasteiger partial charge in [-0.3, -0.25) is 14.2 Å². The molecule has 0 aromatic heterocycles. The SMILES string of the molecule is CCCCCCCCCCCCCCCC(=O)O[C@H](COC(=O)CCCCCCCC=O)COP(=O)([O-])OCC[N+](C)(C)C. The zero-order chi connectivity index (χ0) is 32.9. The molecule has 260 valence electrons. The molecule has 11 heteroatoms. The van der Waals surface area contributed by atoms with E-state index in [2.05, 4.69) is 6.92 Å². The fourth-order valence-corrected chi connectivity index (χ4v) is 5.30. The molecule has 10 nitrogen and oxygen atoms in total. The van der Waals surface area contributed by atoms with Crippen molar-refractivity contribution >= 4 is 26.0 Å². The molecular formula is C33H64NO9P. The molecule has 0 radical (unpaired) electrons. The number of aldehydes is 1. The third-order valence-electron chi connectivity index (χ3n) is 7.35. The maximum atomic E-state index is 12.5. The van der Waals surface area contributed by atoms with E-state index in [0.717, 1.165) is 51.2 Å². The van der Waals surface area contributed by atoms with Gasteiger partial charge in [0.1, 0.15) is 26.0 Å². The molecule has 0 rings (SSSR count). The van der Waals surface area contributed by atoms with Crippen LogP contribution in [-0.2, 0) is 37.5 Å². The molecule has 0 amide bonds. The van der Waals surface area contributed by atoms with Crippen molar-refractivity contribution in [1.29, 1.82) is 0 Å². The molecule has 0 spiro atoms. The molecule has 0 bridgehead atoms. The molecule has 0 fully saturated rings. The van der Waals surface area contributed by atoms with Gasteiger partial charge in [0.15, 0.2) is 6.10 Å². The number of esters is 2.